The molecule has 1 N–H and O–H groups in total. The zero-order chi connectivity index (χ0) is 19.2. The van der Waals surface area contributed by atoms with Crippen LogP contribution in [0.3, 0.4) is 0 Å². The van der Waals surface area contributed by atoms with Gasteiger partial charge in [0.25, 0.3) is 0 Å². The molecule has 0 unspecified atom stereocenters. The molecule has 0 saturated heterocycles. The number of anilines is 1. The van der Waals surface area contributed by atoms with Crippen LogP contribution in [0, 0.1) is 0 Å². The van der Waals surface area contributed by atoms with Gasteiger partial charge in [-0.1, -0.05) is 21.1 Å². The Morgan fingerprint density at radius 2 is 1.81 bits per heavy atom. The number of rotatable bonds is 6. The van der Waals surface area contributed by atoms with E-state index in [0.29, 0.717) is 29.4 Å². The van der Waals surface area contributed by atoms with Crippen LogP contribution in [0.15, 0.2) is 57.5 Å². The van der Waals surface area contributed by atoms with Crippen LogP contribution in [0.1, 0.15) is 22.7 Å². The van der Waals surface area contributed by atoms with Crippen molar-refractivity contribution in [3.63, 3.8) is 0 Å². The van der Waals surface area contributed by atoms with Crippen molar-refractivity contribution >= 4 is 33.5 Å². The first-order chi connectivity index (χ1) is 13.0. The molecule has 0 atom stereocenters. The molecule has 8 heteroatoms. The number of hydrogen-bond acceptors (Lipinski definition) is 6. The summed E-state index contributed by atoms with van der Waals surface area (Å²) in [6.45, 7) is 0. The van der Waals surface area contributed by atoms with E-state index in [0.717, 1.165) is 10.0 Å². The van der Waals surface area contributed by atoms with Gasteiger partial charge in [-0.3, -0.25) is 4.79 Å². The minimum Gasteiger partial charge on any atom is -0.465 e. The van der Waals surface area contributed by atoms with Crippen molar-refractivity contribution in [2.24, 2.45) is 0 Å². The van der Waals surface area contributed by atoms with E-state index in [1.54, 1.807) is 24.3 Å². The lowest BCUT2D eigenvalue weighted by molar-refractivity contribution is -0.116. The fourth-order valence-corrected chi connectivity index (χ4v) is 2.59. The minimum atomic E-state index is -0.425. The summed E-state index contributed by atoms with van der Waals surface area (Å²) in [5.74, 6) is 0.260. The summed E-state index contributed by atoms with van der Waals surface area (Å²) in [4.78, 5) is 27.8. The molecule has 138 valence electrons. The number of aryl methyl sites for hydroxylation is 1. The van der Waals surface area contributed by atoms with Crippen molar-refractivity contribution in [1.29, 1.82) is 0 Å². The SMILES string of the molecule is COC(=O)c1ccc(NC(=O)CCc2nc(-c3ccc(Br)cc3)no2)cc1. The molecule has 3 aromatic rings. The molecule has 1 amide bonds. The molecular formula is C19H16BrN3O4. The summed E-state index contributed by atoms with van der Waals surface area (Å²) < 4.78 is 10.8. The first kappa shape index (κ1) is 18.8. The molecule has 0 aliphatic heterocycles. The molecule has 1 aromatic heterocycles. The maximum absolute atomic E-state index is 12.1. The number of amides is 1. The number of hydrogen-bond donors (Lipinski definition) is 1. The van der Waals surface area contributed by atoms with Gasteiger partial charge in [-0.25, -0.2) is 4.79 Å². The van der Waals surface area contributed by atoms with Gasteiger partial charge in [-0.15, -0.1) is 0 Å². The summed E-state index contributed by atoms with van der Waals surface area (Å²) in [5, 5.41) is 6.69. The van der Waals surface area contributed by atoms with Crippen LogP contribution in [0.25, 0.3) is 11.4 Å². The third-order valence-corrected chi connectivity index (χ3v) is 4.25. The highest BCUT2D eigenvalue weighted by Gasteiger charge is 2.11. The third-order valence-electron chi connectivity index (χ3n) is 3.73. The Morgan fingerprint density at radius 1 is 1.11 bits per heavy atom. The number of carbonyl (C=O) groups is 2. The first-order valence-corrected chi connectivity index (χ1v) is 8.91. The number of carbonyl (C=O) groups excluding carboxylic acids is 2. The monoisotopic (exact) mass is 429 g/mol. The van der Waals surface area contributed by atoms with Gasteiger partial charge in [-0.2, -0.15) is 4.98 Å². The van der Waals surface area contributed by atoms with Crippen molar-refractivity contribution in [3.05, 3.63) is 64.5 Å². The summed E-state index contributed by atoms with van der Waals surface area (Å²) >= 11 is 3.37. The lowest BCUT2D eigenvalue weighted by atomic mass is 10.2. The van der Waals surface area contributed by atoms with Crippen molar-refractivity contribution in [2.75, 3.05) is 12.4 Å². The summed E-state index contributed by atoms with van der Waals surface area (Å²) in [6.07, 6.45) is 0.524. The van der Waals surface area contributed by atoms with Gasteiger partial charge in [0.1, 0.15) is 0 Å². The Kier molecular flexibility index (Phi) is 5.97. The van der Waals surface area contributed by atoms with Crippen LogP contribution in [0.2, 0.25) is 0 Å². The average Bonchev–Trinajstić information content (AvgIpc) is 3.16. The molecular weight excluding hydrogens is 414 g/mol. The fraction of sp³-hybridized carbons (Fsp3) is 0.158. The fourth-order valence-electron chi connectivity index (χ4n) is 2.32. The Bertz CT molecular complexity index is 936. The van der Waals surface area contributed by atoms with Crippen LogP contribution in [-0.2, 0) is 16.0 Å². The molecule has 27 heavy (non-hydrogen) atoms. The number of aromatic nitrogens is 2. The number of nitrogens with zero attached hydrogens (tertiary/aromatic N) is 2. The Hall–Kier alpha value is -3.00. The van der Waals surface area contributed by atoms with E-state index in [-0.39, 0.29) is 12.3 Å². The highest BCUT2D eigenvalue weighted by atomic mass is 79.9. The summed E-state index contributed by atoms with van der Waals surface area (Å²) in [7, 11) is 1.32. The highest BCUT2D eigenvalue weighted by Crippen LogP contribution is 2.19. The number of benzene rings is 2. The smallest absolute Gasteiger partial charge is 0.337 e. The Balaban J connectivity index is 1.53. The predicted molar refractivity (Wildman–Crippen MR) is 102 cm³/mol. The molecule has 7 nitrogen and oxygen atoms in total. The molecule has 0 aliphatic rings. The van der Waals surface area contributed by atoms with E-state index in [1.807, 2.05) is 24.3 Å². The van der Waals surface area contributed by atoms with Gasteiger partial charge < -0.3 is 14.6 Å². The second-order valence-corrected chi connectivity index (χ2v) is 6.55. The van der Waals surface area contributed by atoms with Crippen molar-refractivity contribution < 1.29 is 18.8 Å². The van der Waals surface area contributed by atoms with E-state index < -0.39 is 5.97 Å². The van der Waals surface area contributed by atoms with Crippen molar-refractivity contribution in [1.82, 2.24) is 10.1 Å². The molecule has 3 rings (SSSR count). The number of halogens is 1. The lowest BCUT2D eigenvalue weighted by Crippen LogP contribution is -2.12. The van der Waals surface area contributed by atoms with Gasteiger partial charge >= 0.3 is 5.97 Å². The summed E-state index contributed by atoms with van der Waals surface area (Å²) in [5.41, 5.74) is 1.85. The molecule has 0 aliphatic carbocycles. The van der Waals surface area contributed by atoms with Gasteiger partial charge in [0.05, 0.1) is 12.7 Å². The van der Waals surface area contributed by atoms with E-state index in [2.05, 4.69) is 36.1 Å². The van der Waals surface area contributed by atoms with Crippen LogP contribution < -0.4 is 5.32 Å². The predicted octanol–water partition coefficient (Wildman–Crippen LogP) is 3.86. The maximum atomic E-state index is 12.1. The molecule has 2 aromatic carbocycles. The van der Waals surface area contributed by atoms with Gasteiger partial charge in [0, 0.05) is 28.6 Å². The van der Waals surface area contributed by atoms with Crippen LogP contribution in [0.4, 0.5) is 5.69 Å². The van der Waals surface area contributed by atoms with Gasteiger partial charge in [-0.05, 0) is 48.5 Å². The van der Waals surface area contributed by atoms with E-state index in [4.69, 9.17) is 4.52 Å². The van der Waals surface area contributed by atoms with Crippen LogP contribution in [-0.4, -0.2) is 29.1 Å². The van der Waals surface area contributed by atoms with Crippen molar-refractivity contribution in [2.45, 2.75) is 12.8 Å². The summed E-state index contributed by atoms with van der Waals surface area (Å²) in [6, 6.07) is 14.0. The molecule has 0 radical (unpaired) electrons. The quantitative estimate of drug-likeness (QED) is 0.597. The molecule has 0 saturated carbocycles. The standard InChI is InChI=1S/C19H16BrN3O4/c1-26-19(25)13-4-8-15(9-5-13)21-16(24)10-11-17-22-18(23-27-17)12-2-6-14(20)7-3-12/h2-9H,10-11H2,1H3,(H,21,24). The van der Waals surface area contributed by atoms with Crippen molar-refractivity contribution in [3.8, 4) is 11.4 Å². The zero-order valence-corrected chi connectivity index (χ0v) is 16.0. The van der Waals surface area contributed by atoms with E-state index in [9.17, 15) is 9.59 Å². The largest absolute Gasteiger partial charge is 0.465 e. The Labute approximate surface area is 163 Å². The average molecular weight is 430 g/mol. The minimum absolute atomic E-state index is 0.191. The number of esters is 1. The van der Waals surface area contributed by atoms with Gasteiger partial charge in [0.15, 0.2) is 0 Å². The maximum Gasteiger partial charge on any atom is 0.337 e. The number of methoxy groups -OCH3 is 1. The second kappa shape index (κ2) is 8.59. The van der Waals surface area contributed by atoms with Gasteiger partial charge in [0.2, 0.25) is 17.6 Å². The lowest BCUT2D eigenvalue weighted by Gasteiger charge is -2.05. The molecule has 0 fully saturated rings. The van der Waals surface area contributed by atoms with E-state index >= 15 is 0 Å². The van der Waals surface area contributed by atoms with E-state index in [1.165, 1.54) is 7.11 Å². The van der Waals surface area contributed by atoms with Crippen LogP contribution in [0.5, 0.6) is 0 Å². The third kappa shape index (κ3) is 5.01. The molecule has 0 spiro atoms. The molecule has 0 bridgehead atoms. The zero-order valence-electron chi connectivity index (χ0n) is 14.4. The number of nitrogens with one attached hydrogen (secondary N) is 1. The second-order valence-electron chi connectivity index (χ2n) is 5.64. The first-order valence-electron chi connectivity index (χ1n) is 8.12. The van der Waals surface area contributed by atoms with Crippen LogP contribution >= 0.6 is 15.9 Å². The normalized spacial score (nSPS) is 10.4. The Morgan fingerprint density at radius 3 is 2.48 bits per heavy atom. The number of ether oxygens (including phenoxy) is 1. The highest BCUT2D eigenvalue weighted by molar-refractivity contribution is 9.10. The molecule has 1 heterocycles. The topological polar surface area (TPSA) is 94.3 Å².